The molecular weight excluding hydrogens is 178 g/mol. The minimum Gasteiger partial charge on any atom is -0.391 e. The summed E-state index contributed by atoms with van der Waals surface area (Å²) >= 11 is 0. The second-order valence-corrected chi connectivity index (χ2v) is 10.9. The van der Waals surface area contributed by atoms with E-state index < -0.39 is 8.07 Å². The summed E-state index contributed by atoms with van der Waals surface area (Å²) in [5.41, 5.74) is 0. The monoisotopic (exact) mass is 201 g/mol. The van der Waals surface area contributed by atoms with Crippen LogP contribution in [0.3, 0.4) is 0 Å². The Bertz CT molecular complexity index is 167. The first-order valence-corrected chi connectivity index (χ1v) is 9.03. The molecule has 0 bridgehead atoms. The maximum Gasteiger partial charge on any atom is 0.0707 e. The lowest BCUT2D eigenvalue weighted by Gasteiger charge is -2.24. The molecule has 0 saturated carbocycles. The summed E-state index contributed by atoms with van der Waals surface area (Å²) in [5.74, 6) is 0.524. The van der Waals surface area contributed by atoms with Gasteiger partial charge >= 0.3 is 0 Å². The van der Waals surface area contributed by atoms with E-state index in [-0.39, 0.29) is 6.10 Å². The molecule has 78 valence electrons. The van der Waals surface area contributed by atoms with Crippen molar-refractivity contribution in [3.8, 4) is 0 Å². The predicted octanol–water partition coefficient (Wildman–Crippen LogP) is 1.57. The van der Waals surface area contributed by atoms with Gasteiger partial charge in [0.15, 0.2) is 0 Å². The molecule has 1 saturated heterocycles. The molecule has 0 aromatic carbocycles. The fourth-order valence-electron chi connectivity index (χ4n) is 2.14. The summed E-state index contributed by atoms with van der Waals surface area (Å²) < 4.78 is 0. The molecule has 1 fully saturated rings. The molecule has 1 heterocycles. The summed E-state index contributed by atoms with van der Waals surface area (Å²) in [6.45, 7) is 11.4. The number of aliphatic hydroxyl groups is 1. The van der Waals surface area contributed by atoms with Gasteiger partial charge < -0.3 is 10.0 Å². The quantitative estimate of drug-likeness (QED) is 0.701. The Morgan fingerprint density at radius 3 is 2.31 bits per heavy atom. The molecule has 1 aliphatic heterocycles. The van der Waals surface area contributed by atoms with E-state index in [4.69, 9.17) is 0 Å². The van der Waals surface area contributed by atoms with E-state index in [2.05, 4.69) is 31.5 Å². The van der Waals surface area contributed by atoms with Crippen molar-refractivity contribution in [3.63, 3.8) is 0 Å². The molecule has 0 aromatic rings. The van der Waals surface area contributed by atoms with Gasteiger partial charge in [0.1, 0.15) is 0 Å². The van der Waals surface area contributed by atoms with Crippen LogP contribution in [-0.4, -0.2) is 43.4 Å². The van der Waals surface area contributed by atoms with Gasteiger partial charge in [-0.15, -0.1) is 0 Å². The van der Waals surface area contributed by atoms with E-state index in [1.165, 1.54) is 6.17 Å². The van der Waals surface area contributed by atoms with Crippen LogP contribution in [0.2, 0.25) is 19.6 Å². The molecule has 0 radical (unpaired) electrons. The first-order chi connectivity index (χ1) is 5.92. The highest BCUT2D eigenvalue weighted by Gasteiger charge is 2.31. The number of nitrogens with zero attached hydrogens (tertiary/aromatic N) is 1. The molecule has 0 aliphatic carbocycles. The van der Waals surface area contributed by atoms with Crippen molar-refractivity contribution >= 4 is 8.07 Å². The molecule has 0 aromatic heterocycles. The lowest BCUT2D eigenvalue weighted by atomic mass is 10.0. The standard InChI is InChI=1S/C10H23NOSi/c1-5-9-6-11(7-10(9)12)8-13(2,3)4/h9-10,12H,5-8H2,1-4H3. The molecule has 0 spiro atoms. The van der Waals surface area contributed by atoms with Gasteiger partial charge in [-0.25, -0.2) is 0 Å². The molecule has 13 heavy (non-hydrogen) atoms. The Kier molecular flexibility index (Phi) is 3.55. The molecule has 3 heteroatoms. The molecule has 2 atom stereocenters. The van der Waals surface area contributed by atoms with E-state index in [0.717, 1.165) is 19.5 Å². The Morgan fingerprint density at radius 2 is 1.92 bits per heavy atom. The third kappa shape index (κ3) is 3.41. The zero-order valence-corrected chi connectivity index (χ0v) is 10.4. The Balaban J connectivity index is 2.40. The number of hydrogen-bond acceptors (Lipinski definition) is 2. The van der Waals surface area contributed by atoms with Crippen molar-refractivity contribution in [1.82, 2.24) is 4.90 Å². The fraction of sp³-hybridized carbons (Fsp3) is 1.00. The van der Waals surface area contributed by atoms with Crippen LogP contribution in [-0.2, 0) is 0 Å². The lowest BCUT2D eigenvalue weighted by Crippen LogP contribution is -2.39. The van der Waals surface area contributed by atoms with Crippen molar-refractivity contribution in [3.05, 3.63) is 0 Å². The van der Waals surface area contributed by atoms with Gasteiger partial charge in [-0.1, -0.05) is 26.6 Å². The Labute approximate surface area is 83.0 Å². The van der Waals surface area contributed by atoms with Crippen LogP contribution in [0.15, 0.2) is 0 Å². The number of likely N-dealkylation sites (tertiary alicyclic amines) is 1. The predicted molar refractivity (Wildman–Crippen MR) is 59.6 cm³/mol. The average Bonchev–Trinajstić information content (AvgIpc) is 2.26. The molecule has 0 amide bonds. The highest BCUT2D eigenvalue weighted by atomic mass is 28.3. The van der Waals surface area contributed by atoms with Crippen molar-refractivity contribution in [1.29, 1.82) is 0 Å². The SMILES string of the molecule is CCC1CN(C[Si](C)(C)C)CC1O. The Hall–Kier alpha value is 0.137. The molecular formula is C10H23NOSi. The van der Waals surface area contributed by atoms with Crippen molar-refractivity contribution in [2.45, 2.75) is 39.1 Å². The van der Waals surface area contributed by atoms with Crippen LogP contribution < -0.4 is 0 Å². The van der Waals surface area contributed by atoms with Gasteiger partial charge in [0.05, 0.1) is 14.2 Å². The van der Waals surface area contributed by atoms with Crippen LogP contribution in [0, 0.1) is 5.92 Å². The minimum atomic E-state index is -0.979. The lowest BCUT2D eigenvalue weighted by molar-refractivity contribution is 0.141. The van der Waals surface area contributed by atoms with Crippen LogP contribution >= 0.6 is 0 Å². The largest absolute Gasteiger partial charge is 0.391 e. The molecule has 2 nitrogen and oxygen atoms in total. The second kappa shape index (κ2) is 4.11. The van der Waals surface area contributed by atoms with Gasteiger partial charge in [0, 0.05) is 13.1 Å². The summed E-state index contributed by atoms with van der Waals surface area (Å²) in [6, 6.07) is 0. The van der Waals surface area contributed by atoms with Crippen LogP contribution in [0.5, 0.6) is 0 Å². The van der Waals surface area contributed by atoms with E-state index in [0.29, 0.717) is 5.92 Å². The first kappa shape index (κ1) is 11.2. The zero-order chi connectivity index (χ0) is 10.1. The van der Waals surface area contributed by atoms with Crippen molar-refractivity contribution in [2.24, 2.45) is 5.92 Å². The van der Waals surface area contributed by atoms with Gasteiger partial charge in [0.25, 0.3) is 0 Å². The third-order valence-electron chi connectivity index (χ3n) is 2.70. The van der Waals surface area contributed by atoms with Gasteiger partial charge in [-0.05, 0) is 18.5 Å². The maximum absolute atomic E-state index is 9.73. The highest BCUT2D eigenvalue weighted by molar-refractivity contribution is 6.76. The molecule has 1 N–H and O–H groups in total. The summed E-state index contributed by atoms with van der Waals surface area (Å²) in [6.07, 6.45) is 2.28. The van der Waals surface area contributed by atoms with Crippen LogP contribution in [0.25, 0.3) is 0 Å². The van der Waals surface area contributed by atoms with Gasteiger partial charge in [-0.2, -0.15) is 0 Å². The van der Waals surface area contributed by atoms with Crippen molar-refractivity contribution in [2.75, 3.05) is 19.3 Å². The van der Waals surface area contributed by atoms with E-state index >= 15 is 0 Å². The van der Waals surface area contributed by atoms with E-state index in [1.807, 2.05) is 0 Å². The van der Waals surface area contributed by atoms with E-state index in [9.17, 15) is 5.11 Å². The highest BCUT2D eigenvalue weighted by Crippen LogP contribution is 2.21. The fourth-order valence-corrected chi connectivity index (χ4v) is 3.74. The normalized spacial score (nSPS) is 31.2. The third-order valence-corrected chi connectivity index (χ3v) is 4.10. The molecule has 1 aliphatic rings. The van der Waals surface area contributed by atoms with Gasteiger partial charge in [-0.3, -0.25) is 0 Å². The van der Waals surface area contributed by atoms with E-state index in [1.54, 1.807) is 0 Å². The average molecular weight is 201 g/mol. The molecule has 2 unspecified atom stereocenters. The van der Waals surface area contributed by atoms with Crippen LogP contribution in [0.4, 0.5) is 0 Å². The summed E-state index contributed by atoms with van der Waals surface area (Å²) in [7, 11) is -0.979. The van der Waals surface area contributed by atoms with Crippen LogP contribution in [0.1, 0.15) is 13.3 Å². The Morgan fingerprint density at radius 1 is 1.31 bits per heavy atom. The topological polar surface area (TPSA) is 23.5 Å². The van der Waals surface area contributed by atoms with Crippen molar-refractivity contribution < 1.29 is 5.11 Å². The second-order valence-electron chi connectivity index (χ2n) is 5.49. The number of aliphatic hydroxyl groups excluding tert-OH is 1. The first-order valence-electron chi connectivity index (χ1n) is 5.33. The minimum absolute atomic E-state index is 0.0682. The number of β-amino-alcohol motifs (C(OH)–C–C–N with tert-alkyl or cyclic N) is 1. The maximum atomic E-state index is 9.73. The van der Waals surface area contributed by atoms with Gasteiger partial charge in [0.2, 0.25) is 0 Å². The zero-order valence-electron chi connectivity index (χ0n) is 9.38. The smallest absolute Gasteiger partial charge is 0.0707 e. The summed E-state index contributed by atoms with van der Waals surface area (Å²) in [4.78, 5) is 2.45. The molecule has 1 rings (SSSR count). The number of hydrogen-bond donors (Lipinski definition) is 1. The number of rotatable bonds is 3. The summed E-state index contributed by atoms with van der Waals surface area (Å²) in [5, 5.41) is 9.73.